The van der Waals surface area contributed by atoms with E-state index in [1.807, 2.05) is 0 Å². The molecule has 0 aliphatic rings. The Hall–Kier alpha value is -2.82. The normalized spacial score (nSPS) is 12.9. The van der Waals surface area contributed by atoms with Crippen molar-refractivity contribution < 1.29 is 32.7 Å². The summed E-state index contributed by atoms with van der Waals surface area (Å²) in [7, 11) is -3.90. The summed E-state index contributed by atoms with van der Waals surface area (Å²) in [6, 6.07) is 0. The zero-order valence-corrected chi connectivity index (χ0v) is 21.2. The van der Waals surface area contributed by atoms with Gasteiger partial charge in [0.15, 0.2) is 11.5 Å². The van der Waals surface area contributed by atoms with Crippen LogP contribution in [0.1, 0.15) is 48.0 Å². The third-order valence-electron chi connectivity index (χ3n) is 4.32. The molecule has 0 saturated heterocycles. The fourth-order valence-corrected chi connectivity index (χ4v) is 3.40. The Kier molecular flexibility index (Phi) is 8.93. The molecule has 12 nitrogen and oxygen atoms in total. The van der Waals surface area contributed by atoms with Crippen LogP contribution in [0, 0.1) is 10.8 Å². The summed E-state index contributed by atoms with van der Waals surface area (Å²) in [6.45, 7) is 9.32. The van der Waals surface area contributed by atoms with Gasteiger partial charge in [0.05, 0.1) is 17.2 Å². The molecular weight excluding hydrogens is 465 g/mol. The van der Waals surface area contributed by atoms with Crippen LogP contribution in [0.4, 0.5) is 5.82 Å². The maximum absolute atomic E-state index is 13.1. The van der Waals surface area contributed by atoms with E-state index in [1.165, 1.54) is 12.1 Å². The van der Waals surface area contributed by atoms with Gasteiger partial charge in [0.2, 0.25) is 13.6 Å². The Morgan fingerprint density at radius 1 is 1.00 bits per heavy atom. The number of imidazole rings is 1. The van der Waals surface area contributed by atoms with E-state index in [-0.39, 0.29) is 5.82 Å². The fraction of sp³-hybridized carbons (Fsp3) is 0.571. The number of carbonyl (C=O) groups is 2. The van der Waals surface area contributed by atoms with Gasteiger partial charge >= 0.3 is 19.5 Å². The van der Waals surface area contributed by atoms with Crippen molar-refractivity contribution in [1.29, 1.82) is 0 Å². The lowest BCUT2D eigenvalue weighted by molar-refractivity contribution is -0.161. The second-order valence-electron chi connectivity index (χ2n) is 9.44. The molecule has 0 saturated carbocycles. The molecule has 188 valence electrons. The maximum atomic E-state index is 13.1. The van der Waals surface area contributed by atoms with Crippen LogP contribution < -0.4 is 5.73 Å². The van der Waals surface area contributed by atoms with E-state index >= 15 is 0 Å². The van der Waals surface area contributed by atoms with E-state index in [2.05, 4.69) is 15.0 Å². The van der Waals surface area contributed by atoms with Crippen molar-refractivity contribution in [1.82, 2.24) is 19.5 Å². The predicted molar refractivity (Wildman–Crippen MR) is 124 cm³/mol. The van der Waals surface area contributed by atoms with Crippen LogP contribution in [0.5, 0.6) is 0 Å². The number of rotatable bonds is 10. The Morgan fingerprint density at radius 2 is 1.56 bits per heavy atom. The molecule has 0 aromatic carbocycles. The van der Waals surface area contributed by atoms with E-state index in [1.54, 1.807) is 58.5 Å². The van der Waals surface area contributed by atoms with Gasteiger partial charge in [-0.3, -0.25) is 23.2 Å². The van der Waals surface area contributed by atoms with Crippen LogP contribution >= 0.6 is 7.60 Å². The first-order chi connectivity index (χ1) is 15.7. The number of aromatic nitrogens is 4. The van der Waals surface area contributed by atoms with Gasteiger partial charge in [-0.2, -0.15) is 0 Å². The van der Waals surface area contributed by atoms with Crippen molar-refractivity contribution in [3.05, 3.63) is 24.5 Å². The highest BCUT2D eigenvalue weighted by Crippen LogP contribution is 2.50. The summed E-state index contributed by atoms with van der Waals surface area (Å²) in [5, 5.41) is 0. The maximum Gasteiger partial charge on any atom is 0.359 e. The Balaban J connectivity index is 2.02. The minimum atomic E-state index is -3.90. The summed E-state index contributed by atoms with van der Waals surface area (Å²) in [4.78, 5) is 36.1. The number of ether oxygens (including phenoxy) is 2. The third kappa shape index (κ3) is 7.89. The number of allylic oxidation sites excluding steroid dienone is 1. The van der Waals surface area contributed by atoms with Crippen LogP contribution in [0.15, 0.2) is 24.5 Å². The molecule has 0 aliphatic carbocycles. The van der Waals surface area contributed by atoms with Crippen molar-refractivity contribution in [3.63, 3.8) is 0 Å². The third-order valence-corrected chi connectivity index (χ3v) is 5.83. The molecule has 2 aromatic rings. The van der Waals surface area contributed by atoms with E-state index in [0.717, 1.165) is 0 Å². The van der Waals surface area contributed by atoms with Crippen LogP contribution in [-0.2, 0) is 39.2 Å². The highest BCUT2D eigenvalue weighted by molar-refractivity contribution is 7.57. The summed E-state index contributed by atoms with van der Waals surface area (Å²) in [5.74, 6) is 0.441. The highest BCUT2D eigenvalue weighted by Gasteiger charge is 2.28. The Morgan fingerprint density at radius 3 is 2.09 bits per heavy atom. The summed E-state index contributed by atoms with van der Waals surface area (Å²) in [5.41, 5.74) is 5.33. The zero-order chi connectivity index (χ0) is 25.6. The molecule has 2 rings (SSSR count). The van der Waals surface area contributed by atoms with E-state index in [9.17, 15) is 14.2 Å². The molecule has 2 N–H and O–H groups in total. The van der Waals surface area contributed by atoms with Crippen molar-refractivity contribution in [2.75, 3.05) is 19.3 Å². The molecular formula is C21H32N5O7P. The predicted octanol–water partition coefficient (Wildman–Crippen LogP) is 3.63. The molecule has 0 fully saturated rings. The number of esters is 2. The number of hydrogen-bond donors (Lipinski definition) is 1. The molecule has 0 unspecified atom stereocenters. The molecule has 0 amide bonds. The molecule has 34 heavy (non-hydrogen) atoms. The lowest BCUT2D eigenvalue weighted by Crippen LogP contribution is -2.24. The van der Waals surface area contributed by atoms with Crippen molar-refractivity contribution in [2.24, 2.45) is 10.8 Å². The largest absolute Gasteiger partial charge is 0.438 e. The first kappa shape index (κ1) is 27.4. The SMILES string of the molecule is CC(C)(C)C(=O)OCOP(=O)(/C=C/CCn1cnc2c(N)ncnc21)OCOC(=O)C(C)(C)C. The second kappa shape index (κ2) is 11.1. The topological polar surface area (TPSA) is 158 Å². The summed E-state index contributed by atoms with van der Waals surface area (Å²) >= 11 is 0. The van der Waals surface area contributed by atoms with Crippen LogP contribution in [-0.4, -0.2) is 45.0 Å². The number of anilines is 1. The van der Waals surface area contributed by atoms with Crippen molar-refractivity contribution in [2.45, 2.75) is 54.5 Å². The zero-order valence-electron chi connectivity index (χ0n) is 20.3. The minimum absolute atomic E-state index is 0.278. The monoisotopic (exact) mass is 497 g/mol. The van der Waals surface area contributed by atoms with Crippen molar-refractivity contribution >= 4 is 36.5 Å². The van der Waals surface area contributed by atoms with Gasteiger partial charge in [-0.25, -0.2) is 15.0 Å². The molecule has 0 bridgehead atoms. The molecule has 2 heterocycles. The number of aryl methyl sites for hydroxylation is 1. The first-order valence-electron chi connectivity index (χ1n) is 10.6. The summed E-state index contributed by atoms with van der Waals surface area (Å²) < 4.78 is 35.4. The van der Waals surface area contributed by atoms with Gasteiger partial charge < -0.3 is 19.8 Å². The number of nitrogen functional groups attached to an aromatic ring is 1. The second-order valence-corrected chi connectivity index (χ2v) is 11.3. The molecule has 0 radical (unpaired) electrons. The lowest BCUT2D eigenvalue weighted by Gasteiger charge is -2.20. The number of nitrogens with two attached hydrogens (primary N) is 1. The average Bonchev–Trinajstić information content (AvgIpc) is 3.14. The Labute approximate surface area is 198 Å². The lowest BCUT2D eigenvalue weighted by atomic mass is 9.98. The van der Waals surface area contributed by atoms with Gasteiger partial charge in [0.25, 0.3) is 0 Å². The van der Waals surface area contributed by atoms with Gasteiger partial charge in [-0.1, -0.05) is 6.08 Å². The van der Waals surface area contributed by atoms with Crippen LogP contribution in [0.3, 0.4) is 0 Å². The van der Waals surface area contributed by atoms with Crippen LogP contribution in [0.2, 0.25) is 0 Å². The highest BCUT2D eigenvalue weighted by atomic mass is 31.2. The minimum Gasteiger partial charge on any atom is -0.438 e. The number of nitrogens with zero attached hydrogens (tertiary/aromatic N) is 4. The van der Waals surface area contributed by atoms with Crippen LogP contribution in [0.25, 0.3) is 11.2 Å². The van der Waals surface area contributed by atoms with Gasteiger partial charge in [0, 0.05) is 12.4 Å². The molecule has 0 spiro atoms. The van der Waals surface area contributed by atoms with Crippen molar-refractivity contribution in [3.8, 4) is 0 Å². The van der Waals surface area contributed by atoms with E-state index < -0.39 is 44.0 Å². The average molecular weight is 497 g/mol. The first-order valence-corrected chi connectivity index (χ1v) is 12.2. The number of carbonyl (C=O) groups excluding carboxylic acids is 2. The molecule has 0 aliphatic heterocycles. The molecule has 0 atom stereocenters. The van der Waals surface area contributed by atoms with Gasteiger partial charge in [-0.05, 0) is 48.0 Å². The fourth-order valence-electron chi connectivity index (χ4n) is 2.34. The standard InChI is InChI=1S/C21H32N5O7P/c1-20(2,3)18(27)30-13-32-34(29,33-14-31-19(28)21(4,5)6)10-8-7-9-26-12-25-15-16(22)23-11-24-17(15)26/h8,10-12H,7,9,13-14H2,1-6H3,(H2,22,23,24)/b10-8+. The number of fused-ring (bicyclic) bond motifs is 1. The summed E-state index contributed by atoms with van der Waals surface area (Å²) in [6.07, 6.45) is 4.91. The molecule has 2 aromatic heterocycles. The van der Waals surface area contributed by atoms with E-state index in [0.29, 0.717) is 24.1 Å². The quantitative estimate of drug-likeness (QED) is 0.290. The van der Waals surface area contributed by atoms with Gasteiger partial charge in [0.1, 0.15) is 11.8 Å². The molecule has 13 heteroatoms. The number of hydrogen-bond acceptors (Lipinski definition) is 11. The smallest absolute Gasteiger partial charge is 0.359 e. The van der Waals surface area contributed by atoms with E-state index in [4.69, 9.17) is 24.3 Å². The Bertz CT molecular complexity index is 1050. The van der Waals surface area contributed by atoms with Gasteiger partial charge in [-0.15, -0.1) is 0 Å².